The third-order valence-electron chi connectivity index (χ3n) is 4.46. The summed E-state index contributed by atoms with van der Waals surface area (Å²) in [7, 11) is 1.74. The predicted octanol–water partition coefficient (Wildman–Crippen LogP) is 3.09. The van der Waals surface area contributed by atoms with Crippen LogP contribution in [0, 0.1) is 11.2 Å². The molecule has 3 nitrogen and oxygen atoms in total. The zero-order chi connectivity index (χ0) is 14.6. The van der Waals surface area contributed by atoms with Crippen LogP contribution in [-0.4, -0.2) is 19.5 Å². The summed E-state index contributed by atoms with van der Waals surface area (Å²) in [6.07, 6.45) is 6.11. The van der Waals surface area contributed by atoms with E-state index in [-0.39, 0.29) is 17.1 Å². The Morgan fingerprint density at radius 3 is 2.40 bits per heavy atom. The molecule has 0 bridgehead atoms. The molecule has 1 aliphatic rings. The summed E-state index contributed by atoms with van der Waals surface area (Å²) in [6, 6.07) is 6.00. The maximum Gasteiger partial charge on any atom is 0.227 e. The molecule has 2 N–H and O–H groups in total. The van der Waals surface area contributed by atoms with E-state index in [9.17, 15) is 9.18 Å². The number of rotatable bonds is 4. The Labute approximate surface area is 120 Å². The number of hydrogen-bond donors (Lipinski definition) is 1. The highest BCUT2D eigenvalue weighted by Crippen LogP contribution is 2.39. The van der Waals surface area contributed by atoms with Crippen LogP contribution in [0.15, 0.2) is 24.3 Å². The maximum atomic E-state index is 12.9. The minimum Gasteiger partial charge on any atom is -0.330 e. The molecule has 1 aromatic carbocycles. The summed E-state index contributed by atoms with van der Waals surface area (Å²) in [6.45, 7) is 0.565. The first kappa shape index (κ1) is 15.0. The second-order valence-electron chi connectivity index (χ2n) is 5.87. The summed E-state index contributed by atoms with van der Waals surface area (Å²) in [5, 5.41) is 0. The summed E-state index contributed by atoms with van der Waals surface area (Å²) in [5.74, 6) is -0.232. The SMILES string of the molecule is CN(C(=O)CC1(CN)CCCCC1)c1ccc(F)cc1. The van der Waals surface area contributed by atoms with E-state index >= 15 is 0 Å². The van der Waals surface area contributed by atoms with E-state index in [1.807, 2.05) is 0 Å². The number of anilines is 1. The monoisotopic (exact) mass is 278 g/mol. The molecule has 0 atom stereocenters. The van der Waals surface area contributed by atoms with E-state index < -0.39 is 0 Å². The minimum absolute atomic E-state index is 0.0381. The molecule has 0 aliphatic heterocycles. The fourth-order valence-electron chi connectivity index (χ4n) is 3.00. The van der Waals surface area contributed by atoms with Gasteiger partial charge >= 0.3 is 0 Å². The Bertz CT molecular complexity index is 452. The van der Waals surface area contributed by atoms with Crippen molar-refractivity contribution in [3.63, 3.8) is 0 Å². The van der Waals surface area contributed by atoms with Crippen molar-refractivity contribution in [1.82, 2.24) is 0 Å². The van der Waals surface area contributed by atoms with E-state index in [4.69, 9.17) is 5.73 Å². The lowest BCUT2D eigenvalue weighted by Gasteiger charge is -2.36. The van der Waals surface area contributed by atoms with Crippen LogP contribution in [-0.2, 0) is 4.79 Å². The highest BCUT2D eigenvalue weighted by Gasteiger charge is 2.34. The number of benzene rings is 1. The average Bonchev–Trinajstić information content (AvgIpc) is 2.48. The van der Waals surface area contributed by atoms with Crippen LogP contribution in [0.2, 0.25) is 0 Å². The molecule has 0 heterocycles. The minimum atomic E-state index is -0.291. The van der Waals surface area contributed by atoms with Crippen molar-refractivity contribution in [3.8, 4) is 0 Å². The Morgan fingerprint density at radius 1 is 1.25 bits per heavy atom. The zero-order valence-corrected chi connectivity index (χ0v) is 12.1. The second kappa shape index (κ2) is 6.35. The molecule has 2 rings (SSSR count). The van der Waals surface area contributed by atoms with Crippen LogP contribution in [0.4, 0.5) is 10.1 Å². The Hall–Kier alpha value is -1.42. The molecule has 1 amide bonds. The van der Waals surface area contributed by atoms with Crippen LogP contribution >= 0.6 is 0 Å². The van der Waals surface area contributed by atoms with Gasteiger partial charge in [-0.3, -0.25) is 4.79 Å². The van der Waals surface area contributed by atoms with Gasteiger partial charge in [0.15, 0.2) is 0 Å². The quantitative estimate of drug-likeness (QED) is 0.920. The number of amides is 1. The predicted molar refractivity (Wildman–Crippen MR) is 79.0 cm³/mol. The number of carbonyl (C=O) groups is 1. The van der Waals surface area contributed by atoms with Gasteiger partial charge in [0.2, 0.25) is 5.91 Å². The van der Waals surface area contributed by atoms with Gasteiger partial charge < -0.3 is 10.6 Å². The molecule has 110 valence electrons. The molecule has 0 saturated heterocycles. The largest absolute Gasteiger partial charge is 0.330 e. The Balaban J connectivity index is 2.04. The van der Waals surface area contributed by atoms with E-state index in [1.54, 1.807) is 24.1 Å². The summed E-state index contributed by atoms with van der Waals surface area (Å²) < 4.78 is 12.9. The Morgan fingerprint density at radius 2 is 1.85 bits per heavy atom. The molecule has 0 aromatic heterocycles. The van der Waals surface area contributed by atoms with Gasteiger partial charge in [0.25, 0.3) is 0 Å². The fraction of sp³-hybridized carbons (Fsp3) is 0.562. The average molecular weight is 278 g/mol. The lowest BCUT2D eigenvalue weighted by atomic mass is 9.71. The second-order valence-corrected chi connectivity index (χ2v) is 5.87. The van der Waals surface area contributed by atoms with Crippen molar-refractivity contribution >= 4 is 11.6 Å². The Kier molecular flexibility index (Phi) is 4.76. The van der Waals surface area contributed by atoms with Crippen LogP contribution in [0.3, 0.4) is 0 Å². The van der Waals surface area contributed by atoms with Crippen LogP contribution in [0.5, 0.6) is 0 Å². The van der Waals surface area contributed by atoms with Crippen molar-refractivity contribution in [1.29, 1.82) is 0 Å². The van der Waals surface area contributed by atoms with Gasteiger partial charge in [-0.15, -0.1) is 0 Å². The summed E-state index contributed by atoms with van der Waals surface area (Å²) >= 11 is 0. The van der Waals surface area contributed by atoms with Gasteiger partial charge in [0.1, 0.15) is 5.82 Å². The van der Waals surface area contributed by atoms with Gasteiger partial charge in [-0.1, -0.05) is 19.3 Å². The topological polar surface area (TPSA) is 46.3 Å². The van der Waals surface area contributed by atoms with Crippen LogP contribution in [0.1, 0.15) is 38.5 Å². The van der Waals surface area contributed by atoms with Crippen LogP contribution < -0.4 is 10.6 Å². The van der Waals surface area contributed by atoms with Crippen molar-refractivity contribution < 1.29 is 9.18 Å². The van der Waals surface area contributed by atoms with Crippen molar-refractivity contribution in [3.05, 3.63) is 30.1 Å². The van der Waals surface area contributed by atoms with Gasteiger partial charge in [-0.2, -0.15) is 0 Å². The number of nitrogens with zero attached hydrogens (tertiary/aromatic N) is 1. The van der Waals surface area contributed by atoms with Crippen LogP contribution in [0.25, 0.3) is 0 Å². The van der Waals surface area contributed by atoms with E-state index in [1.165, 1.54) is 18.6 Å². The normalized spacial score (nSPS) is 17.8. The molecule has 0 radical (unpaired) electrons. The summed E-state index contributed by atoms with van der Waals surface area (Å²) in [4.78, 5) is 14.0. The lowest BCUT2D eigenvalue weighted by Crippen LogP contribution is -2.39. The molecule has 1 saturated carbocycles. The highest BCUT2D eigenvalue weighted by molar-refractivity contribution is 5.93. The number of nitrogens with two attached hydrogens (primary N) is 1. The van der Waals surface area contributed by atoms with Crippen molar-refractivity contribution in [2.45, 2.75) is 38.5 Å². The van der Waals surface area contributed by atoms with Gasteiger partial charge in [0, 0.05) is 19.2 Å². The first-order valence-corrected chi connectivity index (χ1v) is 7.28. The van der Waals surface area contributed by atoms with E-state index in [2.05, 4.69) is 0 Å². The number of halogens is 1. The first-order valence-electron chi connectivity index (χ1n) is 7.28. The van der Waals surface area contributed by atoms with Gasteiger partial charge in [0.05, 0.1) is 0 Å². The van der Waals surface area contributed by atoms with Gasteiger partial charge in [-0.05, 0) is 49.1 Å². The van der Waals surface area contributed by atoms with E-state index in [0.717, 1.165) is 31.4 Å². The van der Waals surface area contributed by atoms with Crippen molar-refractivity contribution in [2.24, 2.45) is 11.1 Å². The molecule has 0 unspecified atom stereocenters. The molecular weight excluding hydrogens is 255 g/mol. The molecule has 1 aliphatic carbocycles. The molecule has 1 aromatic rings. The molecule has 0 spiro atoms. The molecule has 20 heavy (non-hydrogen) atoms. The number of carbonyl (C=O) groups excluding carboxylic acids is 1. The molecule has 1 fully saturated rings. The van der Waals surface area contributed by atoms with Crippen molar-refractivity contribution in [2.75, 3.05) is 18.5 Å². The molecular formula is C16H23FN2O. The summed E-state index contributed by atoms with van der Waals surface area (Å²) in [5.41, 5.74) is 6.61. The first-order chi connectivity index (χ1) is 9.56. The van der Waals surface area contributed by atoms with E-state index in [0.29, 0.717) is 13.0 Å². The molecule has 4 heteroatoms. The fourth-order valence-corrected chi connectivity index (χ4v) is 3.00. The standard InChI is InChI=1S/C16H23FN2O/c1-19(14-7-5-13(17)6-8-14)15(20)11-16(12-18)9-3-2-4-10-16/h5-8H,2-4,9-12,18H2,1H3. The highest BCUT2D eigenvalue weighted by atomic mass is 19.1. The smallest absolute Gasteiger partial charge is 0.227 e. The third kappa shape index (κ3) is 3.37. The third-order valence-corrected chi connectivity index (χ3v) is 4.46. The maximum absolute atomic E-state index is 12.9. The lowest BCUT2D eigenvalue weighted by molar-refractivity contribution is -0.121. The number of hydrogen-bond acceptors (Lipinski definition) is 2. The van der Waals surface area contributed by atoms with Gasteiger partial charge in [-0.25, -0.2) is 4.39 Å². The zero-order valence-electron chi connectivity index (χ0n) is 12.1.